The summed E-state index contributed by atoms with van der Waals surface area (Å²) in [5.74, 6) is 1.40. The molecule has 4 rings (SSSR count). The molecule has 0 aliphatic carbocycles. The van der Waals surface area contributed by atoms with Gasteiger partial charge in [0.2, 0.25) is 5.88 Å². The van der Waals surface area contributed by atoms with Crippen molar-refractivity contribution < 1.29 is 9.47 Å². The van der Waals surface area contributed by atoms with Gasteiger partial charge in [0.1, 0.15) is 24.3 Å². The van der Waals surface area contributed by atoms with Crippen LogP contribution in [0.1, 0.15) is 11.1 Å². The molecule has 2 aromatic heterocycles. The van der Waals surface area contributed by atoms with Crippen LogP contribution in [0, 0.1) is 6.92 Å². The second-order valence-corrected chi connectivity index (χ2v) is 6.13. The molecule has 0 unspecified atom stereocenters. The molecular weight excluding hydrogens is 326 g/mol. The summed E-state index contributed by atoms with van der Waals surface area (Å²) in [5.41, 5.74) is 5.09. The Bertz CT molecular complexity index is 1040. The molecule has 0 radical (unpaired) electrons. The summed E-state index contributed by atoms with van der Waals surface area (Å²) in [7, 11) is 1.66. The van der Waals surface area contributed by atoms with Gasteiger partial charge in [0.25, 0.3) is 0 Å². The van der Waals surface area contributed by atoms with E-state index in [1.807, 2.05) is 42.5 Å². The topological polar surface area (TPSA) is 60.0 Å². The maximum atomic E-state index is 5.95. The lowest BCUT2D eigenvalue weighted by Gasteiger charge is -2.06. The van der Waals surface area contributed by atoms with Gasteiger partial charge in [-0.2, -0.15) is 0 Å². The summed E-state index contributed by atoms with van der Waals surface area (Å²) >= 11 is 0. The zero-order chi connectivity index (χ0) is 17.9. The van der Waals surface area contributed by atoms with E-state index in [1.54, 1.807) is 7.11 Å². The molecule has 4 aromatic rings. The highest BCUT2D eigenvalue weighted by Gasteiger charge is 2.11. The Hall–Kier alpha value is -3.34. The number of rotatable bonds is 5. The number of nitrogens with zero attached hydrogens (tertiary/aromatic N) is 2. The summed E-state index contributed by atoms with van der Waals surface area (Å²) in [6.45, 7) is 2.54. The lowest BCUT2D eigenvalue weighted by Crippen LogP contribution is -1.98. The normalized spacial score (nSPS) is 10.8. The molecule has 0 spiro atoms. The molecule has 0 atom stereocenters. The Morgan fingerprint density at radius 2 is 1.85 bits per heavy atom. The fourth-order valence-corrected chi connectivity index (χ4v) is 2.91. The third kappa shape index (κ3) is 3.24. The van der Waals surface area contributed by atoms with Crippen molar-refractivity contribution in [1.29, 1.82) is 0 Å². The van der Waals surface area contributed by atoms with Gasteiger partial charge in [-0.05, 0) is 48.4 Å². The van der Waals surface area contributed by atoms with Crippen molar-refractivity contribution in [3.8, 4) is 22.9 Å². The average molecular weight is 345 g/mol. The minimum absolute atomic E-state index is 0.469. The molecule has 130 valence electrons. The molecule has 1 N–H and O–H groups in total. The molecule has 0 saturated carbocycles. The van der Waals surface area contributed by atoms with Crippen LogP contribution in [0.25, 0.3) is 22.3 Å². The molecule has 0 bridgehead atoms. The van der Waals surface area contributed by atoms with Gasteiger partial charge in [0.15, 0.2) is 0 Å². The Balaban J connectivity index is 1.62. The summed E-state index contributed by atoms with van der Waals surface area (Å²) < 4.78 is 11.2. The van der Waals surface area contributed by atoms with Gasteiger partial charge < -0.3 is 14.5 Å². The number of hydrogen-bond donors (Lipinski definition) is 1. The summed E-state index contributed by atoms with van der Waals surface area (Å²) in [4.78, 5) is 12.0. The molecular formula is C21H19N3O2. The van der Waals surface area contributed by atoms with Crippen molar-refractivity contribution in [3.05, 3.63) is 72.1 Å². The second kappa shape index (κ2) is 6.88. The lowest BCUT2D eigenvalue weighted by molar-refractivity contribution is 0.297. The van der Waals surface area contributed by atoms with Crippen LogP contribution in [-0.4, -0.2) is 22.1 Å². The van der Waals surface area contributed by atoms with Crippen molar-refractivity contribution in [2.75, 3.05) is 7.11 Å². The molecule has 0 aliphatic heterocycles. The second-order valence-electron chi connectivity index (χ2n) is 6.13. The standard InChI is InChI=1S/C21H19N3O2/c1-14-4-3-5-15(10-14)12-26-21-18-11-19(24-20(18)22-13-23-21)16-6-8-17(25-2)9-7-16/h3-11,13H,12H2,1-2H3,(H,22,23,24). The molecule has 0 amide bonds. The lowest BCUT2D eigenvalue weighted by atomic mass is 10.1. The highest BCUT2D eigenvalue weighted by molar-refractivity contribution is 5.86. The average Bonchev–Trinajstić information content (AvgIpc) is 3.11. The summed E-state index contributed by atoms with van der Waals surface area (Å²) in [6, 6.07) is 18.1. The minimum atomic E-state index is 0.469. The monoisotopic (exact) mass is 345 g/mol. The van der Waals surface area contributed by atoms with Crippen molar-refractivity contribution in [2.24, 2.45) is 0 Å². The zero-order valence-electron chi connectivity index (χ0n) is 14.7. The number of ether oxygens (including phenoxy) is 2. The third-order valence-electron chi connectivity index (χ3n) is 4.25. The van der Waals surface area contributed by atoms with E-state index in [9.17, 15) is 0 Å². The quantitative estimate of drug-likeness (QED) is 0.578. The molecule has 5 nitrogen and oxygen atoms in total. The van der Waals surface area contributed by atoms with Crippen LogP contribution in [-0.2, 0) is 6.61 Å². The number of fused-ring (bicyclic) bond motifs is 1. The number of H-pyrrole nitrogens is 1. The van der Waals surface area contributed by atoms with Gasteiger partial charge >= 0.3 is 0 Å². The number of aromatic amines is 1. The van der Waals surface area contributed by atoms with Crippen LogP contribution in [0.3, 0.4) is 0 Å². The van der Waals surface area contributed by atoms with Crippen LogP contribution in [0.2, 0.25) is 0 Å². The van der Waals surface area contributed by atoms with E-state index in [0.29, 0.717) is 12.5 Å². The van der Waals surface area contributed by atoms with Crippen LogP contribution in [0.4, 0.5) is 0 Å². The molecule has 2 heterocycles. The van der Waals surface area contributed by atoms with Gasteiger partial charge in [0, 0.05) is 5.69 Å². The van der Waals surface area contributed by atoms with Crippen molar-refractivity contribution in [3.63, 3.8) is 0 Å². The van der Waals surface area contributed by atoms with Gasteiger partial charge in [-0.1, -0.05) is 29.8 Å². The predicted molar refractivity (Wildman–Crippen MR) is 101 cm³/mol. The smallest absolute Gasteiger partial charge is 0.226 e. The van der Waals surface area contributed by atoms with Crippen molar-refractivity contribution >= 4 is 11.0 Å². The first-order chi connectivity index (χ1) is 12.7. The van der Waals surface area contributed by atoms with E-state index in [1.165, 1.54) is 11.9 Å². The Morgan fingerprint density at radius 1 is 1.00 bits per heavy atom. The number of aryl methyl sites for hydroxylation is 1. The molecule has 0 saturated heterocycles. The highest BCUT2D eigenvalue weighted by Crippen LogP contribution is 2.29. The van der Waals surface area contributed by atoms with Crippen LogP contribution < -0.4 is 9.47 Å². The first-order valence-corrected chi connectivity index (χ1v) is 8.39. The summed E-state index contributed by atoms with van der Waals surface area (Å²) in [5, 5.41) is 0.867. The Kier molecular flexibility index (Phi) is 4.27. The number of aromatic nitrogens is 3. The SMILES string of the molecule is COc1ccc(-c2cc3c(OCc4cccc(C)c4)ncnc3[nH]2)cc1. The summed E-state index contributed by atoms with van der Waals surface area (Å²) in [6.07, 6.45) is 1.52. The maximum absolute atomic E-state index is 5.95. The zero-order valence-corrected chi connectivity index (χ0v) is 14.7. The molecule has 5 heteroatoms. The molecule has 2 aromatic carbocycles. The van der Waals surface area contributed by atoms with E-state index in [4.69, 9.17) is 9.47 Å². The minimum Gasteiger partial charge on any atom is -0.497 e. The fourth-order valence-electron chi connectivity index (χ4n) is 2.91. The maximum Gasteiger partial charge on any atom is 0.226 e. The Labute approximate surface area is 151 Å². The Morgan fingerprint density at radius 3 is 2.62 bits per heavy atom. The van der Waals surface area contributed by atoms with E-state index in [2.05, 4.69) is 34.0 Å². The molecule has 0 aliphatic rings. The molecule has 0 fully saturated rings. The van der Waals surface area contributed by atoms with Crippen LogP contribution >= 0.6 is 0 Å². The molecule has 26 heavy (non-hydrogen) atoms. The van der Waals surface area contributed by atoms with Gasteiger partial charge in [-0.15, -0.1) is 0 Å². The van der Waals surface area contributed by atoms with Crippen molar-refractivity contribution in [2.45, 2.75) is 13.5 Å². The largest absolute Gasteiger partial charge is 0.497 e. The van der Waals surface area contributed by atoms with Crippen LogP contribution in [0.5, 0.6) is 11.6 Å². The first kappa shape index (κ1) is 16.1. The van der Waals surface area contributed by atoms with Crippen molar-refractivity contribution in [1.82, 2.24) is 15.0 Å². The number of nitrogens with one attached hydrogen (secondary N) is 1. The first-order valence-electron chi connectivity index (χ1n) is 8.39. The number of benzene rings is 2. The van der Waals surface area contributed by atoms with E-state index in [-0.39, 0.29) is 0 Å². The predicted octanol–water partition coefficient (Wildman–Crippen LogP) is 4.52. The van der Waals surface area contributed by atoms with E-state index in [0.717, 1.165) is 33.6 Å². The third-order valence-corrected chi connectivity index (χ3v) is 4.25. The van der Waals surface area contributed by atoms with Gasteiger partial charge in [-0.25, -0.2) is 9.97 Å². The fraction of sp³-hybridized carbons (Fsp3) is 0.143. The number of hydrogen-bond acceptors (Lipinski definition) is 4. The van der Waals surface area contributed by atoms with Gasteiger partial charge in [0.05, 0.1) is 12.5 Å². The van der Waals surface area contributed by atoms with Crippen LogP contribution in [0.15, 0.2) is 60.9 Å². The number of methoxy groups -OCH3 is 1. The van der Waals surface area contributed by atoms with Gasteiger partial charge in [-0.3, -0.25) is 0 Å². The van der Waals surface area contributed by atoms with E-state index < -0.39 is 0 Å². The van der Waals surface area contributed by atoms with E-state index >= 15 is 0 Å². The highest BCUT2D eigenvalue weighted by atomic mass is 16.5.